The first-order valence-corrected chi connectivity index (χ1v) is 6.09. The predicted molar refractivity (Wildman–Crippen MR) is 74.1 cm³/mol. The van der Waals surface area contributed by atoms with Gasteiger partial charge < -0.3 is 10.1 Å². The summed E-state index contributed by atoms with van der Waals surface area (Å²) in [5.41, 5.74) is 0.804. The number of aromatic nitrogens is 2. The smallest absolute Gasteiger partial charge is 0.373 e. The average molecular weight is 274 g/mol. The third-order valence-electron chi connectivity index (χ3n) is 2.55. The van der Waals surface area contributed by atoms with Crippen LogP contribution >= 0.6 is 0 Å². The molecule has 104 valence electrons. The van der Waals surface area contributed by atoms with Gasteiger partial charge in [-0.05, 0) is 26.0 Å². The predicted octanol–water partition coefficient (Wildman–Crippen LogP) is 2.92. The maximum Gasteiger partial charge on any atom is 0.373 e. The van der Waals surface area contributed by atoms with Gasteiger partial charge in [0.1, 0.15) is 12.1 Å². The second-order valence-electron chi connectivity index (χ2n) is 4.08. The largest absolute Gasteiger partial charge is 0.434 e. The zero-order chi connectivity index (χ0) is 14.5. The van der Waals surface area contributed by atoms with Crippen molar-refractivity contribution in [3.05, 3.63) is 46.3 Å². The first-order chi connectivity index (χ1) is 9.61. The standard InChI is InChI=1S/C13H14N4O3/c1-3-14-12-11(17(18)19)13(16-8-15-12)20-10-6-4-9(2)5-7-10/h4-8H,3H2,1-2H3,(H,14,15,16). The first kappa shape index (κ1) is 13.7. The second-order valence-corrected chi connectivity index (χ2v) is 4.08. The Hall–Kier alpha value is -2.70. The number of anilines is 1. The monoisotopic (exact) mass is 274 g/mol. The van der Waals surface area contributed by atoms with Gasteiger partial charge in [-0.1, -0.05) is 17.7 Å². The molecule has 0 spiro atoms. The molecule has 1 aromatic heterocycles. The lowest BCUT2D eigenvalue weighted by Crippen LogP contribution is -2.06. The number of nitrogens with zero attached hydrogens (tertiary/aromatic N) is 3. The van der Waals surface area contributed by atoms with E-state index in [0.717, 1.165) is 5.56 Å². The fourth-order valence-electron chi connectivity index (χ4n) is 1.62. The molecule has 2 aromatic rings. The van der Waals surface area contributed by atoms with Crippen molar-refractivity contribution >= 4 is 11.5 Å². The molecule has 0 atom stereocenters. The van der Waals surface area contributed by atoms with Gasteiger partial charge in [-0.2, -0.15) is 4.98 Å². The summed E-state index contributed by atoms with van der Waals surface area (Å²) in [6.45, 7) is 4.29. The van der Waals surface area contributed by atoms with E-state index < -0.39 is 4.92 Å². The molecule has 7 nitrogen and oxygen atoms in total. The van der Waals surface area contributed by atoms with Crippen LogP contribution < -0.4 is 10.1 Å². The number of benzene rings is 1. The van der Waals surface area contributed by atoms with Crippen molar-refractivity contribution in [3.63, 3.8) is 0 Å². The number of hydrogen-bond donors (Lipinski definition) is 1. The molecule has 0 aliphatic heterocycles. The van der Waals surface area contributed by atoms with Crippen LogP contribution in [0.3, 0.4) is 0 Å². The summed E-state index contributed by atoms with van der Waals surface area (Å²) in [6.07, 6.45) is 1.23. The number of hydrogen-bond acceptors (Lipinski definition) is 6. The van der Waals surface area contributed by atoms with Gasteiger partial charge in [0, 0.05) is 6.54 Å². The van der Waals surface area contributed by atoms with Crippen LogP contribution in [0.4, 0.5) is 11.5 Å². The van der Waals surface area contributed by atoms with E-state index in [4.69, 9.17) is 4.74 Å². The number of ether oxygens (including phenoxy) is 1. The van der Waals surface area contributed by atoms with Crippen LogP contribution in [0.2, 0.25) is 0 Å². The van der Waals surface area contributed by atoms with Crippen molar-refractivity contribution in [1.29, 1.82) is 0 Å². The fourth-order valence-corrected chi connectivity index (χ4v) is 1.62. The van der Waals surface area contributed by atoms with Gasteiger partial charge in [0.2, 0.25) is 5.82 Å². The molecule has 0 saturated carbocycles. The van der Waals surface area contributed by atoms with E-state index in [9.17, 15) is 10.1 Å². The summed E-state index contributed by atoms with van der Waals surface area (Å²) in [6, 6.07) is 7.17. The molecule has 0 bridgehead atoms. The van der Waals surface area contributed by atoms with E-state index in [1.165, 1.54) is 6.33 Å². The Bertz CT molecular complexity index is 614. The Morgan fingerprint density at radius 2 is 2.00 bits per heavy atom. The summed E-state index contributed by atoms with van der Waals surface area (Å²) in [5, 5.41) is 14.0. The number of nitrogens with one attached hydrogen (secondary N) is 1. The lowest BCUT2D eigenvalue weighted by atomic mass is 10.2. The molecule has 1 aromatic carbocycles. The molecule has 2 rings (SSSR count). The zero-order valence-electron chi connectivity index (χ0n) is 11.2. The fraction of sp³-hybridized carbons (Fsp3) is 0.231. The molecule has 0 fully saturated rings. The highest BCUT2D eigenvalue weighted by atomic mass is 16.6. The molecule has 0 aliphatic carbocycles. The normalized spacial score (nSPS) is 10.1. The summed E-state index contributed by atoms with van der Waals surface area (Å²) in [7, 11) is 0. The summed E-state index contributed by atoms with van der Waals surface area (Å²) in [4.78, 5) is 18.3. The minimum atomic E-state index is -0.554. The van der Waals surface area contributed by atoms with Crippen LogP contribution in [0.15, 0.2) is 30.6 Å². The quantitative estimate of drug-likeness (QED) is 0.666. The zero-order valence-corrected chi connectivity index (χ0v) is 11.2. The van der Waals surface area contributed by atoms with Crippen molar-refractivity contribution in [1.82, 2.24) is 9.97 Å². The maximum atomic E-state index is 11.2. The molecule has 0 aliphatic rings. The van der Waals surface area contributed by atoms with E-state index in [2.05, 4.69) is 15.3 Å². The highest BCUT2D eigenvalue weighted by molar-refractivity contribution is 5.61. The van der Waals surface area contributed by atoms with Gasteiger partial charge in [-0.3, -0.25) is 10.1 Å². The van der Waals surface area contributed by atoms with Crippen molar-refractivity contribution in [2.24, 2.45) is 0 Å². The Morgan fingerprint density at radius 3 is 2.60 bits per heavy atom. The van der Waals surface area contributed by atoms with Crippen LogP contribution in [0.1, 0.15) is 12.5 Å². The average Bonchev–Trinajstić information content (AvgIpc) is 2.41. The second kappa shape index (κ2) is 5.96. The Labute approximate surface area is 115 Å². The molecule has 1 N–H and O–H groups in total. The van der Waals surface area contributed by atoms with E-state index in [0.29, 0.717) is 12.3 Å². The highest BCUT2D eigenvalue weighted by Gasteiger charge is 2.24. The first-order valence-electron chi connectivity index (χ1n) is 6.09. The lowest BCUT2D eigenvalue weighted by molar-refractivity contribution is -0.385. The maximum absolute atomic E-state index is 11.2. The Kier molecular flexibility index (Phi) is 4.09. The van der Waals surface area contributed by atoms with Crippen molar-refractivity contribution in [2.45, 2.75) is 13.8 Å². The summed E-state index contributed by atoms with van der Waals surface area (Å²) < 4.78 is 5.48. The van der Waals surface area contributed by atoms with Gasteiger partial charge in [0.25, 0.3) is 0 Å². The van der Waals surface area contributed by atoms with Gasteiger partial charge in [0.05, 0.1) is 4.92 Å². The van der Waals surface area contributed by atoms with Gasteiger partial charge in [-0.15, -0.1) is 0 Å². The lowest BCUT2D eigenvalue weighted by Gasteiger charge is -2.08. The Balaban J connectivity index is 2.37. The van der Waals surface area contributed by atoms with E-state index >= 15 is 0 Å². The van der Waals surface area contributed by atoms with E-state index in [1.54, 1.807) is 12.1 Å². The molecule has 0 radical (unpaired) electrons. The molecule has 0 unspecified atom stereocenters. The number of rotatable bonds is 5. The van der Waals surface area contributed by atoms with Gasteiger partial charge in [-0.25, -0.2) is 4.98 Å². The third-order valence-corrected chi connectivity index (χ3v) is 2.55. The van der Waals surface area contributed by atoms with E-state index in [1.807, 2.05) is 26.0 Å². The van der Waals surface area contributed by atoms with Gasteiger partial charge >= 0.3 is 11.6 Å². The van der Waals surface area contributed by atoms with Crippen LogP contribution in [-0.2, 0) is 0 Å². The molecule has 20 heavy (non-hydrogen) atoms. The molecule has 0 amide bonds. The Morgan fingerprint density at radius 1 is 1.30 bits per heavy atom. The summed E-state index contributed by atoms with van der Waals surface area (Å²) in [5.74, 6) is 0.555. The third kappa shape index (κ3) is 3.00. The van der Waals surface area contributed by atoms with Crippen LogP contribution in [0.25, 0.3) is 0 Å². The minimum absolute atomic E-state index is 0.0789. The van der Waals surface area contributed by atoms with E-state index in [-0.39, 0.29) is 17.4 Å². The number of nitro groups is 1. The molecule has 7 heteroatoms. The molecular weight excluding hydrogens is 260 g/mol. The highest BCUT2D eigenvalue weighted by Crippen LogP contribution is 2.33. The van der Waals surface area contributed by atoms with Crippen molar-refractivity contribution in [3.8, 4) is 11.6 Å². The van der Waals surface area contributed by atoms with Crippen LogP contribution in [0.5, 0.6) is 11.6 Å². The molecule has 1 heterocycles. The number of aryl methyl sites for hydroxylation is 1. The summed E-state index contributed by atoms with van der Waals surface area (Å²) >= 11 is 0. The molecule has 0 saturated heterocycles. The van der Waals surface area contributed by atoms with Crippen molar-refractivity contribution in [2.75, 3.05) is 11.9 Å². The SMILES string of the molecule is CCNc1ncnc(Oc2ccc(C)cc2)c1[N+](=O)[O-]. The minimum Gasteiger partial charge on any atom is -0.434 e. The van der Waals surface area contributed by atoms with Gasteiger partial charge in [0.15, 0.2) is 0 Å². The molecular formula is C13H14N4O3. The van der Waals surface area contributed by atoms with Crippen LogP contribution in [-0.4, -0.2) is 21.4 Å². The van der Waals surface area contributed by atoms with Crippen LogP contribution in [0, 0.1) is 17.0 Å². The topological polar surface area (TPSA) is 90.2 Å². The van der Waals surface area contributed by atoms with Crippen molar-refractivity contribution < 1.29 is 9.66 Å².